The number of hydrogen-bond acceptors (Lipinski definition) is 7. The summed E-state index contributed by atoms with van der Waals surface area (Å²) in [5, 5.41) is 9.02. The number of benzene rings is 2. The van der Waals surface area contributed by atoms with Crippen molar-refractivity contribution >= 4 is 29.0 Å². The first-order valence-corrected chi connectivity index (χ1v) is 8.97. The quantitative estimate of drug-likeness (QED) is 0.564. The number of amides is 1. The number of hydrogen-bond donors (Lipinski definition) is 3. The second-order valence-electron chi connectivity index (χ2n) is 6.14. The van der Waals surface area contributed by atoms with Gasteiger partial charge in [0.1, 0.15) is 5.82 Å². The molecule has 0 radical (unpaired) electrons. The molecule has 0 saturated heterocycles. The van der Waals surface area contributed by atoms with Crippen molar-refractivity contribution in [2.45, 2.75) is 6.92 Å². The van der Waals surface area contributed by atoms with Crippen LogP contribution in [0.3, 0.4) is 0 Å². The Bertz CT molecular complexity index is 1020. The highest BCUT2D eigenvalue weighted by Gasteiger charge is 2.14. The number of aryl methyl sites for hydroxylation is 1. The zero-order valence-corrected chi connectivity index (χ0v) is 16.7. The number of nitrogens with one attached hydrogen (secondary N) is 3. The number of aromatic nitrogens is 2. The standard InChI is InChI=1S/C21H23N5O3/c1-13-12-23-21(25-16-10-7-11-17(28-3)18(16)29-4)26-19(13)24-15-9-6-5-8-14(15)20(27)22-2/h5-12H,1-4H3,(H,22,27)(H2,23,24,25,26). The molecular formula is C21H23N5O3. The van der Waals surface area contributed by atoms with Crippen LogP contribution in [0.1, 0.15) is 15.9 Å². The van der Waals surface area contributed by atoms with E-state index in [-0.39, 0.29) is 5.91 Å². The summed E-state index contributed by atoms with van der Waals surface area (Å²) >= 11 is 0. The largest absolute Gasteiger partial charge is 0.493 e. The van der Waals surface area contributed by atoms with Crippen molar-refractivity contribution in [2.75, 3.05) is 31.9 Å². The number of rotatable bonds is 7. The van der Waals surface area contributed by atoms with Gasteiger partial charge >= 0.3 is 0 Å². The average molecular weight is 393 g/mol. The Morgan fingerprint density at radius 3 is 2.45 bits per heavy atom. The van der Waals surface area contributed by atoms with Crippen molar-refractivity contribution in [3.05, 3.63) is 59.8 Å². The van der Waals surface area contributed by atoms with E-state index < -0.39 is 0 Å². The van der Waals surface area contributed by atoms with Gasteiger partial charge in [-0.1, -0.05) is 18.2 Å². The van der Waals surface area contributed by atoms with Gasteiger partial charge in [-0.25, -0.2) is 4.98 Å². The van der Waals surface area contributed by atoms with Gasteiger partial charge < -0.3 is 25.4 Å². The van der Waals surface area contributed by atoms with E-state index >= 15 is 0 Å². The second-order valence-corrected chi connectivity index (χ2v) is 6.14. The van der Waals surface area contributed by atoms with Crippen LogP contribution < -0.4 is 25.4 Å². The summed E-state index contributed by atoms with van der Waals surface area (Å²) in [6, 6.07) is 12.7. The lowest BCUT2D eigenvalue weighted by Crippen LogP contribution is -2.19. The molecule has 3 rings (SSSR count). The maximum atomic E-state index is 12.1. The second kappa shape index (κ2) is 8.92. The number of para-hydroxylation sites is 2. The van der Waals surface area contributed by atoms with Crippen LogP contribution in [0.2, 0.25) is 0 Å². The summed E-state index contributed by atoms with van der Waals surface area (Å²) in [7, 11) is 4.75. The average Bonchev–Trinajstić information content (AvgIpc) is 2.75. The van der Waals surface area contributed by atoms with Gasteiger partial charge in [0.2, 0.25) is 5.95 Å². The van der Waals surface area contributed by atoms with Crippen molar-refractivity contribution in [1.29, 1.82) is 0 Å². The summed E-state index contributed by atoms with van der Waals surface area (Å²) < 4.78 is 10.8. The van der Waals surface area contributed by atoms with E-state index in [2.05, 4.69) is 25.9 Å². The summed E-state index contributed by atoms with van der Waals surface area (Å²) in [6.07, 6.45) is 1.70. The Kier molecular flexibility index (Phi) is 6.13. The fourth-order valence-electron chi connectivity index (χ4n) is 2.79. The third kappa shape index (κ3) is 4.37. The smallest absolute Gasteiger partial charge is 0.253 e. The molecule has 29 heavy (non-hydrogen) atoms. The summed E-state index contributed by atoms with van der Waals surface area (Å²) in [6.45, 7) is 1.89. The lowest BCUT2D eigenvalue weighted by molar-refractivity contribution is 0.0964. The monoisotopic (exact) mass is 393 g/mol. The number of methoxy groups -OCH3 is 2. The van der Waals surface area contributed by atoms with Gasteiger partial charge in [-0.15, -0.1) is 0 Å². The molecule has 150 valence electrons. The van der Waals surface area contributed by atoms with Crippen LogP contribution in [-0.2, 0) is 0 Å². The molecular weight excluding hydrogens is 370 g/mol. The van der Waals surface area contributed by atoms with Crippen LogP contribution in [-0.4, -0.2) is 37.1 Å². The van der Waals surface area contributed by atoms with E-state index in [1.54, 1.807) is 33.5 Å². The maximum absolute atomic E-state index is 12.1. The van der Waals surface area contributed by atoms with E-state index in [0.717, 1.165) is 5.56 Å². The molecule has 0 aliphatic heterocycles. The van der Waals surface area contributed by atoms with Gasteiger partial charge in [-0.05, 0) is 31.2 Å². The van der Waals surface area contributed by atoms with Crippen molar-refractivity contribution in [3.8, 4) is 11.5 Å². The summed E-state index contributed by atoms with van der Waals surface area (Å²) in [4.78, 5) is 21.0. The van der Waals surface area contributed by atoms with Crippen LogP contribution in [0.5, 0.6) is 11.5 Å². The van der Waals surface area contributed by atoms with Crippen LogP contribution in [0.25, 0.3) is 0 Å². The number of ether oxygens (including phenoxy) is 2. The van der Waals surface area contributed by atoms with E-state index in [1.807, 2.05) is 43.3 Å². The molecule has 0 bridgehead atoms. The fraction of sp³-hybridized carbons (Fsp3) is 0.190. The highest BCUT2D eigenvalue weighted by molar-refractivity contribution is 6.00. The zero-order chi connectivity index (χ0) is 20.8. The number of carbonyl (C=O) groups excluding carboxylic acids is 1. The molecule has 0 fully saturated rings. The number of nitrogens with zero attached hydrogens (tertiary/aromatic N) is 2. The highest BCUT2D eigenvalue weighted by atomic mass is 16.5. The minimum absolute atomic E-state index is 0.181. The first-order valence-electron chi connectivity index (χ1n) is 8.97. The SMILES string of the molecule is CNC(=O)c1ccccc1Nc1nc(Nc2cccc(OC)c2OC)ncc1C. The molecule has 0 aliphatic rings. The van der Waals surface area contributed by atoms with Crippen LogP contribution in [0.15, 0.2) is 48.7 Å². The Morgan fingerprint density at radius 2 is 1.72 bits per heavy atom. The third-order valence-electron chi connectivity index (χ3n) is 4.27. The lowest BCUT2D eigenvalue weighted by Gasteiger charge is -2.15. The minimum atomic E-state index is -0.181. The molecule has 2 aromatic carbocycles. The topological polar surface area (TPSA) is 97.4 Å². The highest BCUT2D eigenvalue weighted by Crippen LogP contribution is 2.36. The third-order valence-corrected chi connectivity index (χ3v) is 4.27. The molecule has 0 aliphatic carbocycles. The Hall–Kier alpha value is -3.81. The van der Waals surface area contributed by atoms with E-state index in [9.17, 15) is 4.79 Å². The van der Waals surface area contributed by atoms with Crippen molar-refractivity contribution in [2.24, 2.45) is 0 Å². The molecule has 0 saturated carbocycles. The van der Waals surface area contributed by atoms with Crippen LogP contribution in [0.4, 0.5) is 23.1 Å². The molecule has 8 nitrogen and oxygen atoms in total. The van der Waals surface area contributed by atoms with Gasteiger partial charge in [-0.3, -0.25) is 4.79 Å². The number of carbonyl (C=O) groups is 1. The molecule has 1 amide bonds. The molecule has 1 heterocycles. The summed E-state index contributed by atoms with van der Waals surface area (Å²) in [5.74, 6) is 1.93. The van der Waals surface area contributed by atoms with E-state index in [1.165, 1.54) is 0 Å². The normalized spacial score (nSPS) is 10.2. The van der Waals surface area contributed by atoms with Crippen molar-refractivity contribution in [3.63, 3.8) is 0 Å². The van der Waals surface area contributed by atoms with Gasteiger partial charge in [0, 0.05) is 18.8 Å². The fourth-order valence-corrected chi connectivity index (χ4v) is 2.79. The Balaban J connectivity index is 1.92. The maximum Gasteiger partial charge on any atom is 0.253 e. The lowest BCUT2D eigenvalue weighted by atomic mass is 10.1. The van der Waals surface area contributed by atoms with Gasteiger partial charge in [0.05, 0.1) is 31.2 Å². The Morgan fingerprint density at radius 1 is 0.966 bits per heavy atom. The van der Waals surface area contributed by atoms with Gasteiger partial charge in [0.15, 0.2) is 11.5 Å². The molecule has 8 heteroatoms. The zero-order valence-electron chi connectivity index (χ0n) is 16.7. The Labute approximate surface area is 169 Å². The van der Waals surface area contributed by atoms with Crippen molar-refractivity contribution in [1.82, 2.24) is 15.3 Å². The van der Waals surface area contributed by atoms with E-state index in [0.29, 0.717) is 40.2 Å². The van der Waals surface area contributed by atoms with Crippen LogP contribution in [0, 0.1) is 6.92 Å². The van der Waals surface area contributed by atoms with Crippen molar-refractivity contribution < 1.29 is 14.3 Å². The number of anilines is 4. The molecule has 0 unspecified atom stereocenters. The van der Waals surface area contributed by atoms with E-state index in [4.69, 9.17) is 9.47 Å². The predicted octanol–water partition coefficient (Wildman–Crippen LogP) is 3.65. The molecule has 1 aromatic heterocycles. The minimum Gasteiger partial charge on any atom is -0.493 e. The molecule has 3 N–H and O–H groups in total. The first-order chi connectivity index (χ1) is 14.1. The molecule has 3 aromatic rings. The predicted molar refractivity (Wildman–Crippen MR) is 113 cm³/mol. The molecule has 0 atom stereocenters. The summed E-state index contributed by atoms with van der Waals surface area (Å²) in [5.41, 5.74) is 2.68. The van der Waals surface area contributed by atoms with Gasteiger partial charge in [-0.2, -0.15) is 4.98 Å². The first kappa shape index (κ1) is 19.9. The van der Waals surface area contributed by atoms with Crippen LogP contribution >= 0.6 is 0 Å². The molecule has 0 spiro atoms. The van der Waals surface area contributed by atoms with Gasteiger partial charge in [0.25, 0.3) is 5.91 Å².